The number of benzene rings is 2. The summed E-state index contributed by atoms with van der Waals surface area (Å²) in [6.07, 6.45) is -0.876. The van der Waals surface area contributed by atoms with Crippen molar-refractivity contribution in [1.82, 2.24) is 5.32 Å². The molecule has 0 aliphatic carbocycles. The summed E-state index contributed by atoms with van der Waals surface area (Å²) in [5.74, 6) is -0.195. The van der Waals surface area contributed by atoms with Crippen molar-refractivity contribution in [3.63, 3.8) is 0 Å². The average molecular weight is 317 g/mol. The lowest BCUT2D eigenvalue weighted by Gasteiger charge is -2.21. The molecule has 0 aliphatic heterocycles. The lowest BCUT2D eigenvalue weighted by Crippen LogP contribution is -2.37. The minimum absolute atomic E-state index is 0.263. The molecule has 1 amide bonds. The number of ether oxygens (including phenoxy) is 1. The Morgan fingerprint density at radius 3 is 2.48 bits per heavy atom. The highest BCUT2D eigenvalue weighted by Crippen LogP contribution is 2.20. The Hall–Kier alpha value is -2.40. The Labute approximate surface area is 134 Å². The summed E-state index contributed by atoms with van der Waals surface area (Å²) >= 11 is 0. The summed E-state index contributed by atoms with van der Waals surface area (Å²) in [7, 11) is 1.57. The van der Waals surface area contributed by atoms with Gasteiger partial charge in [0.15, 0.2) is 0 Å². The first-order chi connectivity index (χ1) is 10.9. The van der Waals surface area contributed by atoms with Crippen LogP contribution in [0.5, 0.6) is 5.75 Å². The van der Waals surface area contributed by atoms with Crippen LogP contribution >= 0.6 is 0 Å². The summed E-state index contributed by atoms with van der Waals surface area (Å²) < 4.78 is 18.4. The lowest BCUT2D eigenvalue weighted by molar-refractivity contribution is 0.0851. The molecule has 0 spiro atoms. The Bertz CT molecular complexity index is 685. The SMILES string of the molecule is COc1ccc(C(O)C(C)NC(=O)c2cc(F)ccc2C)cc1. The van der Waals surface area contributed by atoms with E-state index in [9.17, 15) is 14.3 Å². The molecule has 0 bridgehead atoms. The van der Waals surface area contributed by atoms with Gasteiger partial charge in [0.05, 0.1) is 19.3 Å². The van der Waals surface area contributed by atoms with Gasteiger partial charge in [-0.1, -0.05) is 18.2 Å². The van der Waals surface area contributed by atoms with Gasteiger partial charge < -0.3 is 15.2 Å². The maximum Gasteiger partial charge on any atom is 0.251 e. The maximum atomic E-state index is 13.3. The quantitative estimate of drug-likeness (QED) is 0.891. The first-order valence-corrected chi connectivity index (χ1v) is 7.31. The fourth-order valence-corrected chi connectivity index (χ4v) is 2.29. The average Bonchev–Trinajstić information content (AvgIpc) is 2.56. The standard InChI is InChI=1S/C18H20FNO3/c1-11-4-7-14(19)10-16(11)18(22)20-12(2)17(21)13-5-8-15(23-3)9-6-13/h4-10,12,17,21H,1-3H3,(H,20,22). The van der Waals surface area contributed by atoms with E-state index in [1.165, 1.54) is 12.1 Å². The van der Waals surface area contributed by atoms with Crippen LogP contribution in [-0.4, -0.2) is 24.2 Å². The summed E-state index contributed by atoms with van der Waals surface area (Å²) in [4.78, 5) is 12.3. The van der Waals surface area contributed by atoms with Gasteiger partial charge in [-0.05, 0) is 49.2 Å². The molecule has 2 unspecified atom stereocenters. The van der Waals surface area contributed by atoms with Crippen LogP contribution in [0, 0.1) is 12.7 Å². The number of carbonyl (C=O) groups excluding carboxylic acids is 1. The molecule has 0 fully saturated rings. The highest BCUT2D eigenvalue weighted by atomic mass is 19.1. The van der Waals surface area contributed by atoms with E-state index in [1.54, 1.807) is 51.3 Å². The third-order valence-electron chi connectivity index (χ3n) is 3.73. The number of methoxy groups -OCH3 is 1. The third-order valence-corrected chi connectivity index (χ3v) is 3.73. The number of carbonyl (C=O) groups is 1. The van der Waals surface area contributed by atoms with E-state index in [1.807, 2.05) is 0 Å². The molecule has 2 atom stereocenters. The highest BCUT2D eigenvalue weighted by molar-refractivity contribution is 5.95. The Morgan fingerprint density at radius 2 is 1.87 bits per heavy atom. The Morgan fingerprint density at radius 1 is 1.22 bits per heavy atom. The van der Waals surface area contributed by atoms with Gasteiger partial charge in [0, 0.05) is 5.56 Å². The van der Waals surface area contributed by atoms with Gasteiger partial charge >= 0.3 is 0 Å². The predicted molar refractivity (Wildman–Crippen MR) is 86.0 cm³/mol. The van der Waals surface area contributed by atoms with Gasteiger partial charge in [0.2, 0.25) is 0 Å². The smallest absolute Gasteiger partial charge is 0.251 e. The topological polar surface area (TPSA) is 58.6 Å². The van der Waals surface area contributed by atoms with Crippen molar-refractivity contribution in [2.24, 2.45) is 0 Å². The van der Waals surface area contributed by atoms with Gasteiger partial charge in [-0.15, -0.1) is 0 Å². The van der Waals surface area contributed by atoms with Gasteiger partial charge in [0.1, 0.15) is 11.6 Å². The number of aryl methyl sites for hydroxylation is 1. The molecule has 2 N–H and O–H groups in total. The number of rotatable bonds is 5. The second kappa shape index (κ2) is 7.24. The number of aliphatic hydroxyl groups excluding tert-OH is 1. The second-order valence-corrected chi connectivity index (χ2v) is 5.44. The zero-order valence-electron chi connectivity index (χ0n) is 13.3. The number of hydrogen-bond acceptors (Lipinski definition) is 3. The number of aliphatic hydroxyl groups is 1. The second-order valence-electron chi connectivity index (χ2n) is 5.44. The summed E-state index contributed by atoms with van der Waals surface area (Å²) in [6.45, 7) is 3.43. The number of nitrogens with one attached hydrogen (secondary N) is 1. The molecule has 0 aliphatic rings. The van der Waals surface area contributed by atoms with Crippen molar-refractivity contribution in [2.45, 2.75) is 26.0 Å². The van der Waals surface area contributed by atoms with E-state index in [0.29, 0.717) is 16.9 Å². The van der Waals surface area contributed by atoms with E-state index in [4.69, 9.17) is 4.74 Å². The van der Waals surface area contributed by atoms with Gasteiger partial charge in [0.25, 0.3) is 5.91 Å². The van der Waals surface area contributed by atoms with Crippen LogP contribution in [0.25, 0.3) is 0 Å². The van der Waals surface area contributed by atoms with Crippen molar-refractivity contribution in [1.29, 1.82) is 0 Å². The molecule has 0 heterocycles. The minimum Gasteiger partial charge on any atom is -0.497 e. The van der Waals surface area contributed by atoms with Gasteiger partial charge in [-0.3, -0.25) is 4.79 Å². The Kier molecular flexibility index (Phi) is 5.34. The van der Waals surface area contributed by atoms with Crippen LogP contribution in [0.4, 0.5) is 4.39 Å². The normalized spacial score (nSPS) is 13.3. The molecule has 122 valence electrons. The van der Waals surface area contributed by atoms with Crippen molar-refractivity contribution >= 4 is 5.91 Å². The van der Waals surface area contributed by atoms with Gasteiger partial charge in [-0.25, -0.2) is 4.39 Å². The van der Waals surface area contributed by atoms with Crippen LogP contribution in [-0.2, 0) is 0 Å². The molecule has 0 aromatic heterocycles. The van der Waals surface area contributed by atoms with Crippen molar-refractivity contribution in [3.8, 4) is 5.75 Å². The molecule has 23 heavy (non-hydrogen) atoms. The van der Waals surface area contributed by atoms with Crippen molar-refractivity contribution in [2.75, 3.05) is 7.11 Å². The minimum atomic E-state index is -0.876. The molecule has 5 heteroatoms. The highest BCUT2D eigenvalue weighted by Gasteiger charge is 2.20. The van der Waals surface area contributed by atoms with E-state index in [-0.39, 0.29) is 5.56 Å². The van der Waals surface area contributed by atoms with Crippen molar-refractivity contribution < 1.29 is 19.0 Å². The lowest BCUT2D eigenvalue weighted by atomic mass is 10.0. The molecular weight excluding hydrogens is 297 g/mol. The first-order valence-electron chi connectivity index (χ1n) is 7.31. The van der Waals surface area contributed by atoms with E-state index < -0.39 is 23.9 Å². The van der Waals surface area contributed by atoms with E-state index >= 15 is 0 Å². The van der Waals surface area contributed by atoms with Gasteiger partial charge in [-0.2, -0.15) is 0 Å². The monoisotopic (exact) mass is 317 g/mol. The van der Waals surface area contributed by atoms with Crippen LogP contribution < -0.4 is 10.1 Å². The fourth-order valence-electron chi connectivity index (χ4n) is 2.29. The van der Waals surface area contributed by atoms with Crippen LogP contribution in [0.3, 0.4) is 0 Å². The molecule has 0 saturated heterocycles. The van der Waals surface area contributed by atoms with Crippen LogP contribution in [0.15, 0.2) is 42.5 Å². The third kappa shape index (κ3) is 4.07. The molecule has 0 saturated carbocycles. The molecule has 2 rings (SSSR count). The zero-order chi connectivity index (χ0) is 17.0. The predicted octanol–water partition coefficient (Wildman–Crippen LogP) is 2.99. The van der Waals surface area contributed by atoms with E-state index in [2.05, 4.69) is 5.32 Å². The van der Waals surface area contributed by atoms with Crippen LogP contribution in [0.2, 0.25) is 0 Å². The number of halogens is 1. The largest absolute Gasteiger partial charge is 0.497 e. The van der Waals surface area contributed by atoms with E-state index in [0.717, 1.165) is 0 Å². The molecule has 0 radical (unpaired) electrons. The molecule has 2 aromatic carbocycles. The number of amides is 1. The zero-order valence-corrected chi connectivity index (χ0v) is 13.3. The fraction of sp³-hybridized carbons (Fsp3) is 0.278. The summed E-state index contributed by atoms with van der Waals surface area (Å²) in [5.41, 5.74) is 1.60. The number of hydrogen-bond donors (Lipinski definition) is 2. The molecule has 2 aromatic rings. The summed E-state index contributed by atoms with van der Waals surface area (Å²) in [5, 5.41) is 13.0. The molecule has 4 nitrogen and oxygen atoms in total. The first kappa shape index (κ1) is 17.0. The molecular formula is C18H20FNO3. The van der Waals surface area contributed by atoms with Crippen LogP contribution in [0.1, 0.15) is 34.5 Å². The summed E-state index contributed by atoms with van der Waals surface area (Å²) in [6, 6.07) is 10.5. The Balaban J connectivity index is 2.09. The maximum absolute atomic E-state index is 13.3. The van der Waals surface area contributed by atoms with Crippen molar-refractivity contribution in [3.05, 3.63) is 65.0 Å².